The van der Waals surface area contributed by atoms with E-state index in [0.29, 0.717) is 35.6 Å². The summed E-state index contributed by atoms with van der Waals surface area (Å²) in [6.07, 6.45) is 3.43. The Morgan fingerprint density at radius 3 is 2.64 bits per heavy atom. The molecule has 6 nitrogen and oxygen atoms in total. The number of methoxy groups -OCH3 is 1. The van der Waals surface area contributed by atoms with Gasteiger partial charge in [0.15, 0.2) is 0 Å². The van der Waals surface area contributed by atoms with Gasteiger partial charge >= 0.3 is 5.97 Å². The SMILES string of the molecule is CCOC(=O)/C(C)=C/c1cc(-c2ccc(NCc3cccc(C)c3)nc2)cc(C#N)c1OC. The second-order valence-corrected chi connectivity index (χ2v) is 7.58. The fraction of sp³-hybridized carbons (Fsp3) is 0.222. The van der Waals surface area contributed by atoms with Crippen LogP contribution in [0.2, 0.25) is 0 Å². The van der Waals surface area contributed by atoms with Gasteiger partial charge in [0, 0.05) is 29.4 Å². The van der Waals surface area contributed by atoms with Gasteiger partial charge < -0.3 is 14.8 Å². The zero-order chi connectivity index (χ0) is 23.8. The molecule has 0 unspecified atom stereocenters. The maximum atomic E-state index is 12.1. The number of ether oxygens (including phenoxy) is 2. The minimum Gasteiger partial charge on any atom is -0.495 e. The largest absolute Gasteiger partial charge is 0.495 e. The molecular formula is C27H27N3O3. The molecule has 3 rings (SSSR count). The van der Waals surface area contributed by atoms with Crippen LogP contribution < -0.4 is 10.1 Å². The van der Waals surface area contributed by atoms with Crippen molar-refractivity contribution in [1.29, 1.82) is 5.26 Å². The standard InChI is InChI=1S/C27H27N3O3/c1-5-33-27(31)19(3)12-23-13-22(14-24(15-28)26(23)32-4)21-9-10-25(30-17-21)29-16-20-8-6-7-18(2)11-20/h6-14,17H,5,16H2,1-4H3,(H,29,30)/b19-12+. The molecule has 0 amide bonds. The lowest BCUT2D eigenvalue weighted by Gasteiger charge is -2.12. The van der Waals surface area contributed by atoms with Crippen molar-refractivity contribution in [3.8, 4) is 22.9 Å². The molecule has 1 N–H and O–H groups in total. The molecule has 0 aliphatic carbocycles. The summed E-state index contributed by atoms with van der Waals surface area (Å²) in [5.74, 6) is 0.760. The summed E-state index contributed by atoms with van der Waals surface area (Å²) in [7, 11) is 1.50. The number of pyridine rings is 1. The molecule has 0 saturated heterocycles. The summed E-state index contributed by atoms with van der Waals surface area (Å²) < 4.78 is 10.5. The first-order chi connectivity index (χ1) is 15.9. The number of anilines is 1. The number of carbonyl (C=O) groups is 1. The number of hydrogen-bond donors (Lipinski definition) is 1. The van der Waals surface area contributed by atoms with Crippen molar-refractivity contribution >= 4 is 17.9 Å². The molecule has 0 spiro atoms. The number of carbonyl (C=O) groups excluding carboxylic acids is 1. The summed E-state index contributed by atoms with van der Waals surface area (Å²) in [5, 5.41) is 13.0. The molecule has 1 heterocycles. The van der Waals surface area contributed by atoms with Gasteiger partial charge in [0.25, 0.3) is 0 Å². The van der Waals surface area contributed by atoms with Gasteiger partial charge in [0.2, 0.25) is 0 Å². The third-order valence-corrected chi connectivity index (χ3v) is 5.06. The Hall–Kier alpha value is -4.11. The first-order valence-electron chi connectivity index (χ1n) is 10.7. The van der Waals surface area contributed by atoms with Crippen LogP contribution in [-0.4, -0.2) is 24.7 Å². The molecule has 168 valence electrons. The predicted octanol–water partition coefficient (Wildman–Crippen LogP) is 5.52. The Morgan fingerprint density at radius 1 is 1.18 bits per heavy atom. The maximum Gasteiger partial charge on any atom is 0.333 e. The van der Waals surface area contributed by atoms with Crippen LogP contribution in [0.25, 0.3) is 17.2 Å². The second kappa shape index (κ2) is 11.0. The van der Waals surface area contributed by atoms with Crippen LogP contribution in [0, 0.1) is 18.3 Å². The van der Waals surface area contributed by atoms with Crippen LogP contribution in [0.5, 0.6) is 5.75 Å². The lowest BCUT2D eigenvalue weighted by molar-refractivity contribution is -0.138. The first kappa shape index (κ1) is 23.6. The number of esters is 1. The molecule has 0 aliphatic rings. The fourth-order valence-corrected chi connectivity index (χ4v) is 3.46. The number of aryl methyl sites for hydroxylation is 1. The molecule has 0 aliphatic heterocycles. The minimum absolute atomic E-state index is 0.292. The predicted molar refractivity (Wildman–Crippen MR) is 130 cm³/mol. The zero-order valence-electron chi connectivity index (χ0n) is 19.3. The average Bonchev–Trinajstić information content (AvgIpc) is 2.82. The van der Waals surface area contributed by atoms with Gasteiger partial charge in [0.05, 0.1) is 19.3 Å². The van der Waals surface area contributed by atoms with E-state index in [0.717, 1.165) is 16.9 Å². The normalized spacial score (nSPS) is 10.9. The Morgan fingerprint density at radius 2 is 2.00 bits per heavy atom. The monoisotopic (exact) mass is 441 g/mol. The summed E-state index contributed by atoms with van der Waals surface area (Å²) in [6.45, 7) is 6.47. The van der Waals surface area contributed by atoms with E-state index in [2.05, 4.69) is 41.5 Å². The Kier molecular flexibility index (Phi) is 7.82. The third kappa shape index (κ3) is 5.98. The van der Waals surface area contributed by atoms with Crippen LogP contribution in [0.3, 0.4) is 0 Å². The lowest BCUT2D eigenvalue weighted by atomic mass is 9.98. The van der Waals surface area contributed by atoms with Crippen molar-refractivity contribution in [3.05, 3.63) is 82.6 Å². The Balaban J connectivity index is 1.88. The first-order valence-corrected chi connectivity index (χ1v) is 10.7. The van der Waals surface area contributed by atoms with Gasteiger partial charge in [-0.1, -0.05) is 29.8 Å². The van der Waals surface area contributed by atoms with Crippen molar-refractivity contribution in [1.82, 2.24) is 4.98 Å². The molecule has 0 bridgehead atoms. The highest BCUT2D eigenvalue weighted by Gasteiger charge is 2.14. The van der Waals surface area contributed by atoms with Gasteiger partial charge in [0.1, 0.15) is 17.6 Å². The molecule has 0 fully saturated rings. The number of aromatic nitrogens is 1. The van der Waals surface area contributed by atoms with Crippen LogP contribution in [-0.2, 0) is 16.1 Å². The fourth-order valence-electron chi connectivity index (χ4n) is 3.46. The number of nitriles is 1. The molecule has 1 aromatic heterocycles. The summed E-state index contributed by atoms with van der Waals surface area (Å²) >= 11 is 0. The molecular weight excluding hydrogens is 414 g/mol. The van der Waals surface area contributed by atoms with Crippen LogP contribution in [0.1, 0.15) is 36.1 Å². The van der Waals surface area contributed by atoms with Crippen molar-refractivity contribution in [2.24, 2.45) is 0 Å². The highest BCUT2D eigenvalue weighted by atomic mass is 16.5. The van der Waals surface area contributed by atoms with Crippen LogP contribution >= 0.6 is 0 Å². The van der Waals surface area contributed by atoms with E-state index in [9.17, 15) is 10.1 Å². The summed E-state index contributed by atoms with van der Waals surface area (Å²) in [5.41, 5.74) is 5.46. The van der Waals surface area contributed by atoms with Crippen molar-refractivity contribution in [3.63, 3.8) is 0 Å². The van der Waals surface area contributed by atoms with E-state index < -0.39 is 5.97 Å². The summed E-state index contributed by atoms with van der Waals surface area (Å²) in [6, 6.07) is 18.0. The molecule has 2 aromatic carbocycles. The lowest BCUT2D eigenvalue weighted by Crippen LogP contribution is -2.05. The second-order valence-electron chi connectivity index (χ2n) is 7.58. The number of rotatable bonds is 8. The highest BCUT2D eigenvalue weighted by Crippen LogP contribution is 2.32. The molecule has 0 saturated carbocycles. The van der Waals surface area contributed by atoms with E-state index in [1.807, 2.05) is 24.3 Å². The van der Waals surface area contributed by atoms with Gasteiger partial charge in [-0.15, -0.1) is 0 Å². The van der Waals surface area contributed by atoms with Gasteiger partial charge in [-0.05, 0) is 62.2 Å². The van der Waals surface area contributed by atoms with Crippen molar-refractivity contribution in [2.75, 3.05) is 19.0 Å². The van der Waals surface area contributed by atoms with Gasteiger partial charge in [-0.25, -0.2) is 9.78 Å². The zero-order valence-corrected chi connectivity index (χ0v) is 19.3. The van der Waals surface area contributed by atoms with E-state index in [1.165, 1.54) is 18.2 Å². The topological polar surface area (TPSA) is 84.2 Å². The molecule has 33 heavy (non-hydrogen) atoms. The van der Waals surface area contributed by atoms with Crippen molar-refractivity contribution < 1.29 is 14.3 Å². The maximum absolute atomic E-state index is 12.1. The van der Waals surface area contributed by atoms with Gasteiger partial charge in [-0.3, -0.25) is 0 Å². The quantitative estimate of drug-likeness (QED) is 0.366. The number of nitrogens with one attached hydrogen (secondary N) is 1. The van der Waals surface area contributed by atoms with E-state index >= 15 is 0 Å². The van der Waals surface area contributed by atoms with Crippen molar-refractivity contribution in [2.45, 2.75) is 27.3 Å². The number of benzene rings is 2. The highest BCUT2D eigenvalue weighted by molar-refractivity contribution is 5.94. The van der Waals surface area contributed by atoms with E-state index in [1.54, 1.807) is 32.2 Å². The van der Waals surface area contributed by atoms with E-state index in [-0.39, 0.29) is 0 Å². The molecule has 3 aromatic rings. The number of nitrogens with zero attached hydrogens (tertiary/aromatic N) is 2. The Bertz CT molecular complexity index is 1210. The summed E-state index contributed by atoms with van der Waals surface area (Å²) in [4.78, 5) is 16.6. The number of hydrogen-bond acceptors (Lipinski definition) is 6. The molecule has 6 heteroatoms. The molecule has 0 radical (unpaired) electrons. The Labute approximate surface area is 194 Å². The molecule has 0 atom stereocenters. The smallest absolute Gasteiger partial charge is 0.333 e. The van der Waals surface area contributed by atoms with Crippen LogP contribution in [0.15, 0.2) is 60.3 Å². The average molecular weight is 442 g/mol. The van der Waals surface area contributed by atoms with Crippen LogP contribution in [0.4, 0.5) is 5.82 Å². The minimum atomic E-state index is -0.408. The third-order valence-electron chi connectivity index (χ3n) is 5.06. The van der Waals surface area contributed by atoms with E-state index in [4.69, 9.17) is 9.47 Å². The van der Waals surface area contributed by atoms with Gasteiger partial charge in [-0.2, -0.15) is 5.26 Å².